The predicted molar refractivity (Wildman–Crippen MR) is 62.6 cm³/mol. The molecule has 1 aliphatic rings. The molecule has 2 rings (SSSR count). The first kappa shape index (κ1) is 11.2. The maximum absolute atomic E-state index is 12.1. The number of anilines is 1. The lowest BCUT2D eigenvalue weighted by molar-refractivity contribution is 0.0303. The fraction of sp³-hybridized carbons (Fsp3) is 0.364. The van der Waals surface area contributed by atoms with Crippen LogP contribution in [0, 0.1) is 0 Å². The van der Waals surface area contributed by atoms with E-state index in [0.717, 1.165) is 0 Å². The third-order valence-corrected chi connectivity index (χ3v) is 2.91. The van der Waals surface area contributed by atoms with E-state index in [0.29, 0.717) is 42.6 Å². The Kier molecular flexibility index (Phi) is 3.31. The van der Waals surface area contributed by atoms with E-state index < -0.39 is 0 Å². The van der Waals surface area contributed by atoms with Crippen molar-refractivity contribution in [2.75, 3.05) is 32.0 Å². The molecule has 0 atom stereocenters. The number of benzene rings is 1. The van der Waals surface area contributed by atoms with Gasteiger partial charge in [-0.1, -0.05) is 17.7 Å². The number of nitrogens with zero attached hydrogens (tertiary/aromatic N) is 1. The van der Waals surface area contributed by atoms with Crippen LogP contribution in [0.4, 0.5) is 5.69 Å². The van der Waals surface area contributed by atoms with Crippen molar-refractivity contribution in [1.29, 1.82) is 0 Å². The Labute approximate surface area is 98.9 Å². The molecule has 0 unspecified atom stereocenters. The van der Waals surface area contributed by atoms with Gasteiger partial charge in [0.05, 0.1) is 29.5 Å². The SMILES string of the molecule is Nc1c(Cl)cccc1C(=O)N1CCOCC1. The van der Waals surface area contributed by atoms with Crippen molar-refractivity contribution in [3.63, 3.8) is 0 Å². The molecule has 1 aromatic rings. The van der Waals surface area contributed by atoms with E-state index in [1.807, 2.05) is 0 Å². The maximum atomic E-state index is 12.1. The average molecular weight is 241 g/mol. The second kappa shape index (κ2) is 4.72. The summed E-state index contributed by atoms with van der Waals surface area (Å²) in [5.74, 6) is -0.0803. The zero-order chi connectivity index (χ0) is 11.5. The number of halogens is 1. The lowest BCUT2D eigenvalue weighted by atomic mass is 10.1. The van der Waals surface area contributed by atoms with Crippen molar-refractivity contribution in [3.05, 3.63) is 28.8 Å². The van der Waals surface area contributed by atoms with E-state index in [1.54, 1.807) is 23.1 Å². The van der Waals surface area contributed by atoms with Crippen molar-refractivity contribution in [2.45, 2.75) is 0 Å². The summed E-state index contributed by atoms with van der Waals surface area (Å²) in [5.41, 5.74) is 6.59. The summed E-state index contributed by atoms with van der Waals surface area (Å²) < 4.78 is 5.19. The van der Waals surface area contributed by atoms with Crippen molar-refractivity contribution in [1.82, 2.24) is 4.90 Å². The molecular weight excluding hydrogens is 228 g/mol. The molecular formula is C11H13ClN2O2. The Morgan fingerprint density at radius 1 is 1.38 bits per heavy atom. The molecule has 1 aliphatic heterocycles. The van der Waals surface area contributed by atoms with Gasteiger partial charge >= 0.3 is 0 Å². The molecule has 86 valence electrons. The topological polar surface area (TPSA) is 55.6 Å². The van der Waals surface area contributed by atoms with Gasteiger partial charge in [-0.3, -0.25) is 4.79 Å². The maximum Gasteiger partial charge on any atom is 0.256 e. The van der Waals surface area contributed by atoms with Gasteiger partial charge in [-0.05, 0) is 12.1 Å². The second-order valence-corrected chi connectivity index (χ2v) is 4.01. The molecule has 1 aromatic carbocycles. The van der Waals surface area contributed by atoms with Gasteiger partial charge in [-0.15, -0.1) is 0 Å². The smallest absolute Gasteiger partial charge is 0.256 e. The molecule has 1 heterocycles. The zero-order valence-electron chi connectivity index (χ0n) is 8.78. The highest BCUT2D eigenvalue weighted by atomic mass is 35.5. The molecule has 0 saturated carbocycles. The molecule has 4 nitrogen and oxygen atoms in total. The summed E-state index contributed by atoms with van der Waals surface area (Å²) >= 11 is 5.88. The number of nitrogens with two attached hydrogens (primary N) is 1. The number of nitrogen functional groups attached to an aromatic ring is 1. The van der Waals surface area contributed by atoms with Gasteiger partial charge in [0.1, 0.15) is 0 Å². The standard InChI is InChI=1S/C11H13ClN2O2/c12-9-3-1-2-8(10(9)13)11(15)14-4-6-16-7-5-14/h1-3H,4-7,13H2. The normalized spacial score (nSPS) is 16.2. The van der Waals surface area contributed by atoms with Crippen LogP contribution in [0.3, 0.4) is 0 Å². The van der Waals surface area contributed by atoms with Crippen LogP contribution in [-0.4, -0.2) is 37.1 Å². The number of morpholine rings is 1. The van der Waals surface area contributed by atoms with Gasteiger partial charge in [0, 0.05) is 13.1 Å². The van der Waals surface area contributed by atoms with Gasteiger partial charge in [-0.25, -0.2) is 0 Å². The van der Waals surface area contributed by atoms with Gasteiger partial charge in [0.25, 0.3) is 5.91 Å². The van der Waals surface area contributed by atoms with Gasteiger partial charge in [0.15, 0.2) is 0 Å². The molecule has 0 aromatic heterocycles. The highest BCUT2D eigenvalue weighted by molar-refractivity contribution is 6.33. The molecule has 0 radical (unpaired) electrons. The van der Waals surface area contributed by atoms with Crippen LogP contribution in [-0.2, 0) is 4.74 Å². The lowest BCUT2D eigenvalue weighted by Crippen LogP contribution is -2.40. The van der Waals surface area contributed by atoms with Crippen molar-refractivity contribution in [2.24, 2.45) is 0 Å². The Hall–Kier alpha value is -1.26. The van der Waals surface area contributed by atoms with Gasteiger partial charge in [-0.2, -0.15) is 0 Å². The summed E-state index contributed by atoms with van der Waals surface area (Å²) in [7, 11) is 0. The number of rotatable bonds is 1. The summed E-state index contributed by atoms with van der Waals surface area (Å²) in [6.45, 7) is 2.36. The third kappa shape index (κ3) is 2.13. The summed E-state index contributed by atoms with van der Waals surface area (Å²) in [4.78, 5) is 13.8. The van der Waals surface area contributed by atoms with Crippen molar-refractivity contribution in [3.8, 4) is 0 Å². The summed E-state index contributed by atoms with van der Waals surface area (Å²) in [5, 5.41) is 0.416. The van der Waals surface area contributed by atoms with Crippen LogP contribution in [0.2, 0.25) is 5.02 Å². The minimum Gasteiger partial charge on any atom is -0.397 e. The zero-order valence-corrected chi connectivity index (χ0v) is 9.54. The monoisotopic (exact) mass is 240 g/mol. The Morgan fingerprint density at radius 2 is 2.06 bits per heavy atom. The number of carbonyl (C=O) groups is 1. The summed E-state index contributed by atoms with van der Waals surface area (Å²) in [6, 6.07) is 5.10. The summed E-state index contributed by atoms with van der Waals surface area (Å²) in [6.07, 6.45) is 0. The number of carbonyl (C=O) groups excluding carboxylic acids is 1. The molecule has 2 N–H and O–H groups in total. The molecule has 0 spiro atoms. The number of para-hydroxylation sites is 1. The molecule has 1 saturated heterocycles. The Bertz CT molecular complexity index is 403. The number of ether oxygens (including phenoxy) is 1. The minimum atomic E-state index is -0.0803. The van der Waals surface area contributed by atoms with Gasteiger partial charge < -0.3 is 15.4 Å². The third-order valence-electron chi connectivity index (χ3n) is 2.58. The highest BCUT2D eigenvalue weighted by Gasteiger charge is 2.20. The average Bonchev–Trinajstić information content (AvgIpc) is 2.33. The quantitative estimate of drug-likeness (QED) is 0.755. The minimum absolute atomic E-state index is 0.0803. The largest absolute Gasteiger partial charge is 0.397 e. The first-order valence-corrected chi connectivity index (χ1v) is 5.49. The van der Waals surface area contributed by atoms with Crippen LogP contribution in [0.25, 0.3) is 0 Å². The molecule has 0 aliphatic carbocycles. The van der Waals surface area contributed by atoms with E-state index in [1.165, 1.54) is 0 Å². The van der Waals surface area contributed by atoms with Crippen LogP contribution < -0.4 is 5.73 Å². The first-order chi connectivity index (χ1) is 7.70. The van der Waals surface area contributed by atoms with Crippen LogP contribution in [0.15, 0.2) is 18.2 Å². The van der Waals surface area contributed by atoms with E-state index in [9.17, 15) is 4.79 Å². The van der Waals surface area contributed by atoms with E-state index in [4.69, 9.17) is 22.1 Å². The van der Waals surface area contributed by atoms with E-state index >= 15 is 0 Å². The fourth-order valence-corrected chi connectivity index (χ4v) is 1.83. The predicted octanol–water partition coefficient (Wildman–Crippen LogP) is 1.39. The van der Waals surface area contributed by atoms with Crippen LogP contribution in [0.1, 0.15) is 10.4 Å². The van der Waals surface area contributed by atoms with Crippen molar-refractivity contribution < 1.29 is 9.53 Å². The molecule has 1 amide bonds. The second-order valence-electron chi connectivity index (χ2n) is 3.61. The van der Waals surface area contributed by atoms with E-state index in [2.05, 4.69) is 0 Å². The van der Waals surface area contributed by atoms with E-state index in [-0.39, 0.29) is 5.91 Å². The first-order valence-electron chi connectivity index (χ1n) is 5.11. The van der Waals surface area contributed by atoms with Crippen molar-refractivity contribution >= 4 is 23.2 Å². The Morgan fingerprint density at radius 3 is 2.75 bits per heavy atom. The fourth-order valence-electron chi connectivity index (χ4n) is 1.66. The Balaban J connectivity index is 2.22. The molecule has 5 heteroatoms. The highest BCUT2D eigenvalue weighted by Crippen LogP contribution is 2.23. The number of amides is 1. The number of hydrogen-bond donors (Lipinski definition) is 1. The molecule has 0 bridgehead atoms. The number of hydrogen-bond acceptors (Lipinski definition) is 3. The van der Waals surface area contributed by atoms with Crippen LogP contribution >= 0.6 is 11.6 Å². The lowest BCUT2D eigenvalue weighted by Gasteiger charge is -2.27. The van der Waals surface area contributed by atoms with Crippen LogP contribution in [0.5, 0.6) is 0 Å². The molecule has 16 heavy (non-hydrogen) atoms. The molecule has 1 fully saturated rings. The van der Waals surface area contributed by atoms with Gasteiger partial charge in [0.2, 0.25) is 0 Å².